The molecule has 3 aliphatic carbocycles. The Balaban J connectivity index is 2.01. The molecule has 1 aromatic carbocycles. The van der Waals surface area contributed by atoms with Gasteiger partial charge in [0.05, 0.1) is 17.2 Å². The van der Waals surface area contributed by atoms with Gasteiger partial charge in [0.25, 0.3) is 5.91 Å². The fraction of sp³-hybridized carbons (Fsp3) is 0.417. The van der Waals surface area contributed by atoms with Crippen LogP contribution in [0.1, 0.15) is 32.7 Å². The lowest BCUT2D eigenvalue weighted by Crippen LogP contribution is -2.63. The van der Waals surface area contributed by atoms with E-state index < -0.39 is 63.8 Å². The molecular formula is C24H27N3O8. The Morgan fingerprint density at radius 2 is 1.80 bits per heavy atom. The number of rotatable bonds is 4. The zero-order valence-electron chi connectivity index (χ0n) is 19.7. The molecule has 4 rings (SSSR count). The van der Waals surface area contributed by atoms with Gasteiger partial charge in [-0.15, -0.1) is 0 Å². The normalized spacial score (nSPS) is 28.0. The Hall–Kier alpha value is -3.70. The van der Waals surface area contributed by atoms with Crippen LogP contribution in [0.3, 0.4) is 0 Å². The summed E-state index contributed by atoms with van der Waals surface area (Å²) in [7, 11) is 6.56. The molecule has 0 aromatic heterocycles. The Morgan fingerprint density at radius 1 is 1.17 bits per heavy atom. The zero-order chi connectivity index (χ0) is 26.1. The van der Waals surface area contributed by atoms with Crippen molar-refractivity contribution in [3.63, 3.8) is 0 Å². The largest absolute Gasteiger partial charge is 0.510 e. The molecule has 1 aromatic rings. The van der Waals surface area contributed by atoms with E-state index in [9.17, 15) is 39.6 Å². The number of anilines is 1. The first-order valence-electron chi connectivity index (χ1n) is 10.9. The summed E-state index contributed by atoms with van der Waals surface area (Å²) in [5.41, 5.74) is 2.14. The first kappa shape index (κ1) is 24.4. The van der Waals surface area contributed by atoms with Crippen LogP contribution in [0, 0.1) is 11.8 Å². The number of phenols is 1. The number of carbonyl (C=O) groups is 4. The fourth-order valence-electron chi connectivity index (χ4n) is 5.81. The Bertz CT molecular complexity index is 1260. The summed E-state index contributed by atoms with van der Waals surface area (Å²) in [6.07, 6.45) is 0.545. The van der Waals surface area contributed by atoms with Crippen molar-refractivity contribution in [2.24, 2.45) is 17.6 Å². The van der Waals surface area contributed by atoms with E-state index in [1.165, 1.54) is 11.0 Å². The molecule has 0 radical (unpaired) electrons. The number of hydrogen-bond acceptors (Lipinski definition) is 10. The highest BCUT2D eigenvalue weighted by molar-refractivity contribution is 6.25. The van der Waals surface area contributed by atoms with Gasteiger partial charge in [0.1, 0.15) is 22.8 Å². The number of primary amides is 1. The van der Waals surface area contributed by atoms with Crippen LogP contribution in [0.4, 0.5) is 5.69 Å². The summed E-state index contributed by atoms with van der Waals surface area (Å²) in [6, 6.07) is 0.405. The van der Waals surface area contributed by atoms with Gasteiger partial charge in [0.2, 0.25) is 5.78 Å². The Kier molecular flexibility index (Phi) is 5.53. The number of fused-ring (bicyclic) bond motifs is 3. The summed E-state index contributed by atoms with van der Waals surface area (Å²) >= 11 is 0. The van der Waals surface area contributed by atoms with Crippen molar-refractivity contribution in [2.75, 3.05) is 33.1 Å². The molecule has 11 nitrogen and oxygen atoms in total. The van der Waals surface area contributed by atoms with E-state index in [-0.39, 0.29) is 29.5 Å². The number of carbonyl (C=O) groups excluding carboxylic acids is 4. The maximum Gasteiger partial charge on any atom is 0.255 e. The van der Waals surface area contributed by atoms with Crippen LogP contribution in [0.15, 0.2) is 28.7 Å². The summed E-state index contributed by atoms with van der Waals surface area (Å²) in [5.74, 6) is -7.32. The maximum atomic E-state index is 13.6. The van der Waals surface area contributed by atoms with Crippen LogP contribution in [0.2, 0.25) is 0 Å². The number of ketones is 2. The predicted octanol–water partition coefficient (Wildman–Crippen LogP) is -0.000900. The minimum Gasteiger partial charge on any atom is -0.510 e. The van der Waals surface area contributed by atoms with E-state index in [4.69, 9.17) is 5.73 Å². The number of aliphatic hydroxyl groups is 3. The fourth-order valence-corrected chi connectivity index (χ4v) is 5.81. The number of phenolic OH excluding ortho intramolecular Hbond substituents is 1. The molecule has 11 heteroatoms. The van der Waals surface area contributed by atoms with Gasteiger partial charge < -0.3 is 31.1 Å². The molecule has 0 unspecified atom stereocenters. The summed E-state index contributed by atoms with van der Waals surface area (Å²) < 4.78 is 0. The number of amides is 1. The molecule has 35 heavy (non-hydrogen) atoms. The average molecular weight is 485 g/mol. The highest BCUT2D eigenvalue weighted by Crippen LogP contribution is 2.53. The maximum absolute atomic E-state index is 13.6. The minimum absolute atomic E-state index is 0.00513. The zero-order valence-corrected chi connectivity index (χ0v) is 19.7. The molecule has 0 aliphatic heterocycles. The SMILES string of the molecule is CN(C)c1cc(C=O)c(O)c2c1C[C@H]1C[C@H]3[C@H](N(C)C)C(O)=C(C(N)=O)C(=O)[C@@]3(O)C(O)=C1C2=O. The third-order valence-electron chi connectivity index (χ3n) is 7.34. The lowest BCUT2D eigenvalue weighted by Gasteiger charge is -2.50. The van der Waals surface area contributed by atoms with E-state index in [1.54, 1.807) is 33.1 Å². The van der Waals surface area contributed by atoms with Gasteiger partial charge in [0.15, 0.2) is 17.7 Å². The molecular weight excluding hydrogens is 458 g/mol. The van der Waals surface area contributed by atoms with Crippen molar-refractivity contribution in [3.05, 3.63) is 45.4 Å². The first-order chi connectivity index (χ1) is 16.3. The Labute approximate surface area is 200 Å². The van der Waals surface area contributed by atoms with Crippen molar-refractivity contribution >= 4 is 29.4 Å². The number of allylic oxidation sites excluding steroid dienone is 1. The van der Waals surface area contributed by atoms with E-state index >= 15 is 0 Å². The van der Waals surface area contributed by atoms with Gasteiger partial charge in [0, 0.05) is 31.3 Å². The third-order valence-corrected chi connectivity index (χ3v) is 7.34. The van der Waals surface area contributed by atoms with Gasteiger partial charge in [-0.05, 0) is 44.5 Å². The van der Waals surface area contributed by atoms with Crippen molar-refractivity contribution in [2.45, 2.75) is 24.5 Å². The van der Waals surface area contributed by atoms with Crippen LogP contribution in [-0.4, -0.2) is 88.9 Å². The van der Waals surface area contributed by atoms with Gasteiger partial charge >= 0.3 is 0 Å². The summed E-state index contributed by atoms with van der Waals surface area (Å²) in [4.78, 5) is 53.6. The molecule has 4 atom stereocenters. The minimum atomic E-state index is -2.70. The van der Waals surface area contributed by atoms with Crippen molar-refractivity contribution in [1.29, 1.82) is 0 Å². The van der Waals surface area contributed by atoms with Gasteiger partial charge in [-0.1, -0.05) is 0 Å². The quantitative estimate of drug-likeness (QED) is 0.287. The third kappa shape index (κ3) is 3.11. The number of hydrogen-bond donors (Lipinski definition) is 5. The molecule has 0 spiro atoms. The van der Waals surface area contributed by atoms with Gasteiger partial charge in [-0.2, -0.15) is 0 Å². The molecule has 186 valence electrons. The topological polar surface area (TPSA) is 182 Å². The average Bonchev–Trinajstić information content (AvgIpc) is 2.75. The summed E-state index contributed by atoms with van der Waals surface area (Å²) in [6.45, 7) is 0. The van der Waals surface area contributed by atoms with Crippen LogP contribution >= 0.6 is 0 Å². The highest BCUT2D eigenvalue weighted by atomic mass is 16.3. The number of aldehydes is 1. The number of aromatic hydroxyl groups is 1. The second-order valence-corrected chi connectivity index (χ2v) is 9.66. The first-order valence-corrected chi connectivity index (χ1v) is 10.9. The van der Waals surface area contributed by atoms with Crippen LogP contribution in [-0.2, 0) is 16.0 Å². The smallest absolute Gasteiger partial charge is 0.255 e. The van der Waals surface area contributed by atoms with Crippen molar-refractivity contribution < 1.29 is 39.6 Å². The number of benzene rings is 1. The monoisotopic (exact) mass is 485 g/mol. The van der Waals surface area contributed by atoms with Crippen molar-refractivity contribution in [3.8, 4) is 5.75 Å². The number of likely N-dealkylation sites (N-methyl/N-ethyl adjacent to an activating group) is 1. The van der Waals surface area contributed by atoms with E-state index in [0.29, 0.717) is 17.5 Å². The predicted molar refractivity (Wildman–Crippen MR) is 123 cm³/mol. The molecule has 0 saturated heterocycles. The van der Waals surface area contributed by atoms with E-state index in [1.807, 2.05) is 0 Å². The second-order valence-electron chi connectivity index (χ2n) is 9.66. The summed E-state index contributed by atoms with van der Waals surface area (Å²) in [5, 5.41) is 44.3. The van der Waals surface area contributed by atoms with E-state index in [0.717, 1.165) is 0 Å². The number of nitrogens with zero attached hydrogens (tertiary/aromatic N) is 2. The molecule has 0 fully saturated rings. The molecule has 0 bridgehead atoms. The Morgan fingerprint density at radius 3 is 2.31 bits per heavy atom. The number of Topliss-reactive ketones (excluding diaryl/α,β-unsaturated/α-hetero) is 2. The van der Waals surface area contributed by atoms with Crippen molar-refractivity contribution in [1.82, 2.24) is 4.90 Å². The van der Waals surface area contributed by atoms with Crippen LogP contribution < -0.4 is 10.6 Å². The van der Waals surface area contributed by atoms with E-state index in [2.05, 4.69) is 0 Å². The number of aliphatic hydroxyl groups excluding tert-OH is 2. The standard InChI is InChI=1S/C24H27N3O8/c1-26(2)13-7-10(8-28)18(29)15-11(13)5-9-6-12-17(27(3)4)20(31)16(23(25)34)22(33)24(12,35)21(32)14(9)19(15)30/h7-9,12,17,29,31-32,35H,5-6H2,1-4H3,(H2,25,34)/t9-,12-,17-,24-/m0/s1. The second kappa shape index (κ2) is 7.92. The van der Waals surface area contributed by atoms with Gasteiger partial charge in [-0.3, -0.25) is 24.1 Å². The van der Waals surface area contributed by atoms with Gasteiger partial charge in [-0.25, -0.2) is 0 Å². The molecule has 6 N–H and O–H groups in total. The molecule has 1 amide bonds. The molecule has 0 saturated carbocycles. The lowest BCUT2D eigenvalue weighted by atomic mass is 9.58. The lowest BCUT2D eigenvalue weighted by molar-refractivity contribution is -0.148. The highest BCUT2D eigenvalue weighted by Gasteiger charge is 2.63. The number of nitrogens with two attached hydrogens (primary N) is 1. The van der Waals surface area contributed by atoms with Crippen LogP contribution in [0.25, 0.3) is 0 Å². The molecule has 0 heterocycles. The van der Waals surface area contributed by atoms with Crippen LogP contribution in [0.5, 0.6) is 5.75 Å². The molecule has 3 aliphatic rings.